The highest BCUT2D eigenvalue weighted by Crippen LogP contribution is 2.48. The molecular weight excluding hydrogens is 218 g/mol. The van der Waals surface area contributed by atoms with Crippen LogP contribution in [-0.4, -0.2) is 12.1 Å². The Labute approximate surface area is 112 Å². The fraction of sp³-hybridized carbons (Fsp3) is 0.647. The van der Waals surface area contributed by atoms with Crippen LogP contribution in [0.3, 0.4) is 0 Å². The zero-order chi connectivity index (χ0) is 13.4. The molecule has 2 rings (SSSR count). The summed E-state index contributed by atoms with van der Waals surface area (Å²) in [6.07, 6.45) is 4.00. The molecule has 0 bridgehead atoms. The van der Waals surface area contributed by atoms with Crippen LogP contribution in [0.15, 0.2) is 18.2 Å². The molecular formula is C17H27N. The molecule has 1 fully saturated rings. The van der Waals surface area contributed by atoms with E-state index in [1.807, 2.05) is 0 Å². The number of hydrogen-bond acceptors (Lipinski definition) is 1. The molecule has 0 aromatic heterocycles. The molecule has 18 heavy (non-hydrogen) atoms. The lowest BCUT2D eigenvalue weighted by Gasteiger charge is -2.25. The molecule has 100 valence electrons. The number of nitrogens with one attached hydrogen (secondary N) is 1. The summed E-state index contributed by atoms with van der Waals surface area (Å²) >= 11 is 0. The molecule has 1 saturated carbocycles. The van der Waals surface area contributed by atoms with Crippen molar-refractivity contribution >= 4 is 0 Å². The Bertz CT molecular complexity index is 422. The van der Waals surface area contributed by atoms with Crippen molar-refractivity contribution in [2.75, 3.05) is 6.54 Å². The number of benzene rings is 1. The van der Waals surface area contributed by atoms with E-state index in [1.54, 1.807) is 5.56 Å². The van der Waals surface area contributed by atoms with Crippen molar-refractivity contribution < 1.29 is 0 Å². The van der Waals surface area contributed by atoms with Gasteiger partial charge in [-0.1, -0.05) is 23.8 Å². The van der Waals surface area contributed by atoms with Crippen LogP contribution in [0.25, 0.3) is 0 Å². The molecule has 0 aliphatic heterocycles. The standard InChI is InChI=1S/C17H27N/c1-13-6-7-14(2)15(10-13)11-17(8-9-17)12-18-16(3,4)5/h6-7,10,18H,8-9,11-12H2,1-5H3. The smallest absolute Gasteiger partial charge is 0.00967 e. The minimum atomic E-state index is 0.233. The van der Waals surface area contributed by atoms with Gasteiger partial charge in [0.1, 0.15) is 0 Å². The van der Waals surface area contributed by atoms with E-state index in [2.05, 4.69) is 58.1 Å². The second kappa shape index (κ2) is 4.70. The van der Waals surface area contributed by atoms with Gasteiger partial charge in [-0.3, -0.25) is 0 Å². The van der Waals surface area contributed by atoms with E-state index in [0.29, 0.717) is 5.41 Å². The third kappa shape index (κ3) is 3.58. The molecule has 0 amide bonds. The van der Waals surface area contributed by atoms with Crippen LogP contribution >= 0.6 is 0 Å². The first kappa shape index (κ1) is 13.6. The summed E-state index contributed by atoms with van der Waals surface area (Å²) in [5.41, 5.74) is 5.14. The third-order valence-electron chi connectivity index (χ3n) is 4.02. The second-order valence-corrected chi connectivity index (χ2v) is 7.21. The topological polar surface area (TPSA) is 12.0 Å². The van der Waals surface area contributed by atoms with E-state index >= 15 is 0 Å². The van der Waals surface area contributed by atoms with Crippen molar-refractivity contribution in [2.24, 2.45) is 5.41 Å². The van der Waals surface area contributed by atoms with Gasteiger partial charge in [0.2, 0.25) is 0 Å². The van der Waals surface area contributed by atoms with Crippen LogP contribution in [0, 0.1) is 19.3 Å². The largest absolute Gasteiger partial charge is 0.312 e. The molecule has 0 unspecified atom stereocenters. The maximum atomic E-state index is 3.68. The Morgan fingerprint density at radius 2 is 1.83 bits per heavy atom. The van der Waals surface area contributed by atoms with Crippen molar-refractivity contribution in [3.63, 3.8) is 0 Å². The number of hydrogen-bond donors (Lipinski definition) is 1. The first-order chi connectivity index (χ1) is 8.30. The Morgan fingerprint density at radius 3 is 2.39 bits per heavy atom. The Morgan fingerprint density at radius 1 is 1.17 bits per heavy atom. The lowest BCUT2D eigenvalue weighted by molar-refractivity contribution is 0.356. The van der Waals surface area contributed by atoms with Gasteiger partial charge < -0.3 is 5.32 Å². The summed E-state index contributed by atoms with van der Waals surface area (Å²) in [4.78, 5) is 0. The molecule has 0 radical (unpaired) electrons. The highest BCUT2D eigenvalue weighted by Gasteiger charge is 2.42. The molecule has 1 aliphatic carbocycles. The summed E-state index contributed by atoms with van der Waals surface area (Å²) in [6, 6.07) is 6.84. The fourth-order valence-corrected chi connectivity index (χ4v) is 2.44. The normalized spacial score (nSPS) is 17.8. The van der Waals surface area contributed by atoms with Gasteiger partial charge in [-0.15, -0.1) is 0 Å². The van der Waals surface area contributed by atoms with Gasteiger partial charge in [-0.25, -0.2) is 0 Å². The van der Waals surface area contributed by atoms with Crippen molar-refractivity contribution in [1.82, 2.24) is 5.32 Å². The van der Waals surface area contributed by atoms with Gasteiger partial charge >= 0.3 is 0 Å². The zero-order valence-electron chi connectivity index (χ0n) is 12.6. The summed E-state index contributed by atoms with van der Waals surface area (Å²) in [7, 11) is 0. The van der Waals surface area contributed by atoms with Gasteiger partial charge in [0, 0.05) is 12.1 Å². The molecule has 0 spiro atoms. The summed E-state index contributed by atoms with van der Waals surface area (Å²) in [5.74, 6) is 0. The third-order valence-corrected chi connectivity index (χ3v) is 4.02. The first-order valence-electron chi connectivity index (χ1n) is 7.11. The van der Waals surface area contributed by atoms with Crippen molar-refractivity contribution in [3.05, 3.63) is 34.9 Å². The molecule has 1 aliphatic rings. The van der Waals surface area contributed by atoms with Gasteiger partial charge in [-0.05, 0) is 70.4 Å². The maximum absolute atomic E-state index is 3.68. The summed E-state index contributed by atoms with van der Waals surface area (Å²) < 4.78 is 0. The second-order valence-electron chi connectivity index (χ2n) is 7.21. The molecule has 0 atom stereocenters. The Kier molecular flexibility index (Phi) is 3.55. The van der Waals surface area contributed by atoms with Gasteiger partial charge in [0.15, 0.2) is 0 Å². The van der Waals surface area contributed by atoms with Crippen LogP contribution in [0.5, 0.6) is 0 Å². The molecule has 0 heterocycles. The first-order valence-corrected chi connectivity index (χ1v) is 7.11. The van der Waals surface area contributed by atoms with Crippen LogP contribution in [0.4, 0.5) is 0 Å². The van der Waals surface area contributed by atoms with Crippen molar-refractivity contribution in [3.8, 4) is 0 Å². The molecule has 0 saturated heterocycles. The van der Waals surface area contributed by atoms with Crippen LogP contribution < -0.4 is 5.32 Å². The molecule has 1 nitrogen and oxygen atoms in total. The van der Waals surface area contributed by atoms with Crippen LogP contribution in [0.2, 0.25) is 0 Å². The SMILES string of the molecule is Cc1ccc(C)c(CC2(CNC(C)(C)C)CC2)c1. The van der Waals surface area contributed by atoms with E-state index in [4.69, 9.17) is 0 Å². The fourth-order valence-electron chi connectivity index (χ4n) is 2.44. The minimum absolute atomic E-state index is 0.233. The predicted molar refractivity (Wildman–Crippen MR) is 79.0 cm³/mol. The quantitative estimate of drug-likeness (QED) is 0.845. The van der Waals surface area contributed by atoms with E-state index in [0.717, 1.165) is 6.54 Å². The van der Waals surface area contributed by atoms with Crippen molar-refractivity contribution in [1.29, 1.82) is 0 Å². The number of rotatable bonds is 4. The van der Waals surface area contributed by atoms with E-state index in [-0.39, 0.29) is 5.54 Å². The average molecular weight is 245 g/mol. The Hall–Kier alpha value is -0.820. The molecule has 1 N–H and O–H groups in total. The van der Waals surface area contributed by atoms with E-state index < -0.39 is 0 Å². The van der Waals surface area contributed by atoms with Crippen LogP contribution in [0.1, 0.15) is 50.3 Å². The van der Waals surface area contributed by atoms with E-state index in [1.165, 1.54) is 30.4 Å². The van der Waals surface area contributed by atoms with Gasteiger partial charge in [0.05, 0.1) is 0 Å². The average Bonchev–Trinajstić information content (AvgIpc) is 3.01. The lowest BCUT2D eigenvalue weighted by Crippen LogP contribution is -2.40. The summed E-state index contributed by atoms with van der Waals surface area (Å²) in [6.45, 7) is 12.3. The Balaban J connectivity index is 2.02. The van der Waals surface area contributed by atoms with Gasteiger partial charge in [-0.2, -0.15) is 0 Å². The minimum Gasteiger partial charge on any atom is -0.312 e. The zero-order valence-corrected chi connectivity index (χ0v) is 12.6. The maximum Gasteiger partial charge on any atom is 0.00967 e. The molecule has 1 heteroatoms. The summed E-state index contributed by atoms with van der Waals surface area (Å²) in [5, 5.41) is 3.68. The lowest BCUT2D eigenvalue weighted by atomic mass is 9.91. The van der Waals surface area contributed by atoms with Crippen LogP contribution in [-0.2, 0) is 6.42 Å². The van der Waals surface area contributed by atoms with Gasteiger partial charge in [0.25, 0.3) is 0 Å². The highest BCUT2D eigenvalue weighted by molar-refractivity contribution is 5.32. The highest BCUT2D eigenvalue weighted by atomic mass is 15.0. The monoisotopic (exact) mass is 245 g/mol. The predicted octanol–water partition coefficient (Wildman–Crippen LogP) is 4.01. The van der Waals surface area contributed by atoms with Crippen molar-refractivity contribution in [2.45, 2.75) is 59.4 Å². The molecule has 1 aromatic rings. The van der Waals surface area contributed by atoms with E-state index in [9.17, 15) is 0 Å². The number of aryl methyl sites for hydroxylation is 2. The molecule has 1 aromatic carbocycles.